The number of nitrogens with zero attached hydrogens (tertiary/aromatic N) is 2. The Bertz CT molecular complexity index is 1280. The number of hydrogen-bond donors (Lipinski definition) is 1. The minimum absolute atomic E-state index is 0.186. The average molecular weight is 598 g/mol. The lowest BCUT2D eigenvalue weighted by Crippen LogP contribution is -2.37. The zero-order valence-electron chi connectivity index (χ0n) is 21.9. The molecule has 0 radical (unpaired) electrons. The maximum absolute atomic E-state index is 13.1. The number of carbonyl (C=O) groups excluding carboxylic acids is 1. The van der Waals surface area contributed by atoms with E-state index in [-0.39, 0.29) is 12.0 Å². The molecule has 2 heterocycles. The van der Waals surface area contributed by atoms with E-state index in [0.29, 0.717) is 36.4 Å². The van der Waals surface area contributed by atoms with Crippen LogP contribution in [0.15, 0.2) is 83.4 Å². The van der Waals surface area contributed by atoms with E-state index in [1.165, 1.54) is 4.88 Å². The molecular formula is C30H33BrN2O4S. The summed E-state index contributed by atoms with van der Waals surface area (Å²) in [5, 5.41) is 12.8. The summed E-state index contributed by atoms with van der Waals surface area (Å²) in [5.41, 5.74) is -0.833. The van der Waals surface area contributed by atoms with Gasteiger partial charge in [0.2, 0.25) is 5.89 Å². The third-order valence-electron chi connectivity index (χ3n) is 5.93. The summed E-state index contributed by atoms with van der Waals surface area (Å²) < 4.78 is 11.8. The van der Waals surface area contributed by atoms with E-state index < -0.39 is 11.2 Å². The third-order valence-corrected chi connectivity index (χ3v) is 7.46. The summed E-state index contributed by atoms with van der Waals surface area (Å²) in [5.74, 6) is 0.761. The van der Waals surface area contributed by atoms with Crippen LogP contribution in [0.4, 0.5) is 4.79 Å². The Labute approximate surface area is 236 Å². The Hall–Kier alpha value is -2.94. The first-order valence-corrected chi connectivity index (χ1v) is 14.5. The lowest BCUT2D eigenvalue weighted by atomic mass is 9.86. The van der Waals surface area contributed by atoms with E-state index in [2.05, 4.69) is 33.0 Å². The van der Waals surface area contributed by atoms with Gasteiger partial charge >= 0.3 is 6.09 Å². The molecule has 0 unspecified atom stereocenters. The van der Waals surface area contributed by atoms with Crippen LogP contribution in [0, 0.1) is 0 Å². The van der Waals surface area contributed by atoms with Crippen molar-refractivity contribution in [2.24, 2.45) is 0 Å². The third kappa shape index (κ3) is 6.92. The Morgan fingerprint density at radius 1 is 0.974 bits per heavy atom. The van der Waals surface area contributed by atoms with Crippen molar-refractivity contribution in [3.05, 3.63) is 112 Å². The fourth-order valence-electron chi connectivity index (χ4n) is 4.09. The molecule has 0 atom stereocenters. The van der Waals surface area contributed by atoms with Gasteiger partial charge in [-0.2, -0.15) is 0 Å². The first-order valence-electron chi connectivity index (χ1n) is 12.6. The molecule has 6 nitrogen and oxygen atoms in total. The highest BCUT2D eigenvalue weighted by Crippen LogP contribution is 2.36. The second kappa shape index (κ2) is 12.3. The van der Waals surface area contributed by atoms with Gasteiger partial charge in [0.15, 0.2) is 5.60 Å². The van der Waals surface area contributed by atoms with Crippen molar-refractivity contribution in [1.29, 1.82) is 0 Å². The largest absolute Gasteiger partial charge is 0.444 e. The van der Waals surface area contributed by atoms with Crippen molar-refractivity contribution in [2.45, 2.75) is 51.4 Å². The smallest absolute Gasteiger partial charge is 0.410 e. The van der Waals surface area contributed by atoms with Crippen molar-refractivity contribution in [3.8, 4) is 0 Å². The molecule has 4 rings (SSSR count). The molecule has 2 aromatic heterocycles. The fourth-order valence-corrected chi connectivity index (χ4v) is 5.82. The van der Waals surface area contributed by atoms with Gasteiger partial charge in [-0.15, -0.1) is 11.3 Å². The highest BCUT2D eigenvalue weighted by Gasteiger charge is 2.38. The van der Waals surface area contributed by atoms with Crippen LogP contribution in [0.3, 0.4) is 0 Å². The van der Waals surface area contributed by atoms with Gasteiger partial charge < -0.3 is 19.2 Å². The summed E-state index contributed by atoms with van der Waals surface area (Å²) >= 11 is 5.18. The molecule has 2 aromatic carbocycles. The molecule has 0 spiro atoms. The topological polar surface area (TPSA) is 75.8 Å². The number of rotatable bonds is 10. The van der Waals surface area contributed by atoms with E-state index in [9.17, 15) is 9.90 Å². The predicted molar refractivity (Wildman–Crippen MR) is 154 cm³/mol. The molecule has 38 heavy (non-hydrogen) atoms. The number of halogens is 1. The van der Waals surface area contributed by atoms with Crippen molar-refractivity contribution >= 4 is 33.4 Å². The quantitative estimate of drug-likeness (QED) is 0.201. The molecule has 0 saturated heterocycles. The van der Waals surface area contributed by atoms with Gasteiger partial charge in [0, 0.05) is 28.0 Å². The second-order valence-electron chi connectivity index (χ2n) is 10.0. The zero-order chi connectivity index (χ0) is 27.2. The van der Waals surface area contributed by atoms with E-state index in [1.807, 2.05) is 81.4 Å². The summed E-state index contributed by atoms with van der Waals surface area (Å²) in [4.78, 5) is 21.6. The maximum atomic E-state index is 13.1. The number of aromatic nitrogens is 1. The number of carbonyl (C=O) groups is 1. The molecule has 4 aromatic rings. The number of alkyl halides is 1. The van der Waals surface area contributed by atoms with Crippen LogP contribution in [0.5, 0.6) is 0 Å². The minimum Gasteiger partial charge on any atom is -0.444 e. The van der Waals surface area contributed by atoms with Gasteiger partial charge in [-0.3, -0.25) is 0 Å². The molecule has 0 bridgehead atoms. The number of oxazole rings is 1. The monoisotopic (exact) mass is 596 g/mol. The van der Waals surface area contributed by atoms with Gasteiger partial charge in [-0.05, 0) is 50.5 Å². The van der Waals surface area contributed by atoms with Crippen LogP contribution in [-0.2, 0) is 29.7 Å². The van der Waals surface area contributed by atoms with Crippen LogP contribution in [0.2, 0.25) is 0 Å². The molecule has 0 aliphatic rings. The van der Waals surface area contributed by atoms with Gasteiger partial charge in [-0.1, -0.05) is 76.6 Å². The van der Waals surface area contributed by atoms with Crippen molar-refractivity contribution in [1.82, 2.24) is 9.88 Å². The van der Waals surface area contributed by atoms with Gasteiger partial charge in [0.25, 0.3) is 0 Å². The molecule has 0 fully saturated rings. The first kappa shape index (κ1) is 28.1. The number of aliphatic hydroxyl groups is 1. The molecular weight excluding hydrogens is 564 g/mol. The van der Waals surface area contributed by atoms with E-state index in [4.69, 9.17) is 9.15 Å². The zero-order valence-corrected chi connectivity index (χ0v) is 24.3. The van der Waals surface area contributed by atoms with Crippen molar-refractivity contribution in [2.75, 3.05) is 11.9 Å². The number of amides is 1. The summed E-state index contributed by atoms with van der Waals surface area (Å²) in [7, 11) is 0. The van der Waals surface area contributed by atoms with E-state index in [1.54, 1.807) is 22.4 Å². The summed E-state index contributed by atoms with van der Waals surface area (Å²) in [6.07, 6.45) is 2.62. The van der Waals surface area contributed by atoms with Crippen molar-refractivity contribution < 1.29 is 19.1 Å². The molecule has 200 valence electrons. The Balaban J connectivity index is 1.56. The van der Waals surface area contributed by atoms with Crippen LogP contribution in [-0.4, -0.2) is 38.6 Å². The Morgan fingerprint density at radius 3 is 2.16 bits per heavy atom. The average Bonchev–Trinajstić information content (AvgIpc) is 3.56. The fraction of sp³-hybridized carbons (Fsp3) is 0.333. The lowest BCUT2D eigenvalue weighted by Gasteiger charge is -2.27. The molecule has 0 saturated carbocycles. The van der Waals surface area contributed by atoms with Crippen LogP contribution < -0.4 is 0 Å². The van der Waals surface area contributed by atoms with Gasteiger partial charge in [-0.25, -0.2) is 9.78 Å². The normalized spacial score (nSPS) is 11.9. The number of benzene rings is 2. The number of thiophene rings is 1. The maximum Gasteiger partial charge on any atom is 0.410 e. The number of ether oxygens (including phenoxy) is 1. The number of hydrogen-bond acceptors (Lipinski definition) is 6. The Kier molecular flexibility index (Phi) is 9.07. The van der Waals surface area contributed by atoms with Gasteiger partial charge in [0.05, 0.1) is 12.7 Å². The van der Waals surface area contributed by atoms with Crippen LogP contribution in [0.25, 0.3) is 0 Å². The van der Waals surface area contributed by atoms with E-state index >= 15 is 0 Å². The number of aryl methyl sites for hydroxylation is 1. The lowest BCUT2D eigenvalue weighted by molar-refractivity contribution is 0.0234. The highest BCUT2D eigenvalue weighted by atomic mass is 79.9. The molecule has 1 amide bonds. The van der Waals surface area contributed by atoms with Crippen LogP contribution >= 0.6 is 27.3 Å². The molecule has 1 N–H and O–H groups in total. The minimum atomic E-state index is -1.55. The second-order valence-corrected chi connectivity index (χ2v) is 12.1. The Morgan fingerprint density at radius 2 is 1.58 bits per heavy atom. The SMILES string of the molecule is CC(C)(C)OC(=O)N(CCc1cnc(C(O)(c2ccccc2)c2ccccc2)o1)Cc1ccc(CCBr)s1. The highest BCUT2D eigenvalue weighted by molar-refractivity contribution is 9.09. The van der Waals surface area contributed by atoms with E-state index in [0.717, 1.165) is 16.6 Å². The van der Waals surface area contributed by atoms with Gasteiger partial charge in [0.1, 0.15) is 11.4 Å². The first-order chi connectivity index (χ1) is 18.2. The summed E-state index contributed by atoms with van der Waals surface area (Å²) in [6, 6.07) is 22.9. The summed E-state index contributed by atoms with van der Waals surface area (Å²) in [6.45, 7) is 6.41. The van der Waals surface area contributed by atoms with Crippen LogP contribution in [0.1, 0.15) is 53.3 Å². The van der Waals surface area contributed by atoms with Crippen molar-refractivity contribution in [3.63, 3.8) is 0 Å². The molecule has 8 heteroatoms. The molecule has 0 aliphatic heterocycles. The predicted octanol–water partition coefficient (Wildman–Crippen LogP) is 6.94. The molecule has 0 aliphatic carbocycles. The standard InChI is InChI=1S/C30H33BrN2O4S/c1-29(2,3)37-28(34)33(21-26-15-14-25(38-26)16-18-31)19-17-24-20-32-27(36-24)30(35,22-10-6-4-7-11-22)23-12-8-5-9-13-23/h4-15,20,35H,16-19,21H2,1-3H3.